The second-order valence-electron chi connectivity index (χ2n) is 4.35. The minimum absolute atomic E-state index is 0.0918. The Morgan fingerprint density at radius 3 is 2.53 bits per heavy atom. The molecule has 5 nitrogen and oxygen atoms in total. The Labute approximate surface area is 110 Å². The van der Waals surface area contributed by atoms with Crippen LogP contribution in [0.1, 0.15) is 29.3 Å². The van der Waals surface area contributed by atoms with Crippen molar-refractivity contribution >= 4 is 11.9 Å². The maximum absolute atomic E-state index is 13.8. The number of hydrogen-bond acceptors (Lipinski definition) is 3. The molecule has 1 atom stereocenters. The van der Waals surface area contributed by atoms with Crippen molar-refractivity contribution in [3.63, 3.8) is 0 Å². The highest BCUT2D eigenvalue weighted by molar-refractivity contribution is 5.92. The lowest BCUT2D eigenvalue weighted by molar-refractivity contribution is -0.143. The van der Waals surface area contributed by atoms with Crippen molar-refractivity contribution in [2.75, 3.05) is 7.05 Å². The van der Waals surface area contributed by atoms with Gasteiger partial charge in [-0.05, 0) is 25.6 Å². The van der Waals surface area contributed by atoms with Gasteiger partial charge in [-0.3, -0.25) is 14.5 Å². The van der Waals surface area contributed by atoms with Crippen molar-refractivity contribution in [2.45, 2.75) is 25.9 Å². The molecule has 1 aromatic rings. The molecule has 0 aliphatic heterocycles. The summed E-state index contributed by atoms with van der Waals surface area (Å²) in [6, 6.07) is 3.26. The first kappa shape index (κ1) is 15.1. The maximum Gasteiger partial charge on any atom is 0.320 e. The number of likely N-dealkylation sites (N-methyl/N-ethyl adjacent to an activating group) is 1. The Kier molecular flexibility index (Phi) is 5.00. The van der Waals surface area contributed by atoms with Crippen LogP contribution in [0, 0.1) is 5.82 Å². The SMILES string of the molecule is CCC(C(=O)O)N(C)Cc1ccc(C(N)=O)cc1F. The van der Waals surface area contributed by atoms with E-state index in [0.29, 0.717) is 12.0 Å². The molecule has 1 rings (SSSR count). The quantitative estimate of drug-likeness (QED) is 0.812. The van der Waals surface area contributed by atoms with Gasteiger partial charge in [0.25, 0.3) is 0 Å². The van der Waals surface area contributed by atoms with E-state index in [1.54, 1.807) is 18.9 Å². The van der Waals surface area contributed by atoms with Crippen LogP contribution in [0.25, 0.3) is 0 Å². The first-order chi connectivity index (χ1) is 8.86. The topological polar surface area (TPSA) is 83.6 Å². The van der Waals surface area contributed by atoms with Gasteiger partial charge >= 0.3 is 5.97 Å². The number of benzene rings is 1. The molecule has 6 heteroatoms. The fourth-order valence-electron chi connectivity index (χ4n) is 1.88. The number of primary amides is 1. The minimum atomic E-state index is -0.945. The van der Waals surface area contributed by atoms with Crippen LogP contribution < -0.4 is 5.73 Å². The van der Waals surface area contributed by atoms with Crippen LogP contribution in [-0.4, -0.2) is 35.0 Å². The molecule has 1 unspecified atom stereocenters. The summed E-state index contributed by atoms with van der Waals surface area (Å²) in [5, 5.41) is 9.01. The third-order valence-electron chi connectivity index (χ3n) is 2.96. The highest BCUT2D eigenvalue weighted by Gasteiger charge is 2.21. The Bertz CT molecular complexity index is 491. The van der Waals surface area contributed by atoms with Crippen molar-refractivity contribution in [1.82, 2.24) is 4.90 Å². The second kappa shape index (κ2) is 6.29. The Balaban J connectivity index is 2.88. The van der Waals surface area contributed by atoms with Crippen LogP contribution in [0.15, 0.2) is 18.2 Å². The molecule has 1 amide bonds. The number of nitrogens with zero attached hydrogens (tertiary/aromatic N) is 1. The number of aliphatic carboxylic acids is 1. The molecule has 0 spiro atoms. The number of carboxylic acid groups (broad SMARTS) is 1. The molecule has 0 heterocycles. The largest absolute Gasteiger partial charge is 0.480 e. The number of carbonyl (C=O) groups excluding carboxylic acids is 1. The molecule has 19 heavy (non-hydrogen) atoms. The number of rotatable bonds is 6. The van der Waals surface area contributed by atoms with E-state index in [4.69, 9.17) is 10.8 Å². The van der Waals surface area contributed by atoms with E-state index in [-0.39, 0.29) is 12.1 Å². The van der Waals surface area contributed by atoms with E-state index in [9.17, 15) is 14.0 Å². The lowest BCUT2D eigenvalue weighted by Crippen LogP contribution is -2.37. The van der Waals surface area contributed by atoms with E-state index in [0.717, 1.165) is 6.07 Å². The fraction of sp³-hybridized carbons (Fsp3) is 0.385. The highest BCUT2D eigenvalue weighted by Crippen LogP contribution is 2.14. The van der Waals surface area contributed by atoms with Gasteiger partial charge in [0.05, 0.1) is 0 Å². The summed E-state index contributed by atoms with van der Waals surface area (Å²) in [6.45, 7) is 1.90. The minimum Gasteiger partial charge on any atom is -0.480 e. The molecular weight excluding hydrogens is 251 g/mol. The molecule has 3 N–H and O–H groups in total. The zero-order valence-electron chi connectivity index (χ0n) is 10.9. The predicted octanol–water partition coefficient (Wildman–Crippen LogP) is 1.22. The van der Waals surface area contributed by atoms with Gasteiger partial charge in [0.2, 0.25) is 5.91 Å². The van der Waals surface area contributed by atoms with E-state index < -0.39 is 23.7 Å². The number of hydrogen-bond donors (Lipinski definition) is 2. The second-order valence-corrected chi connectivity index (χ2v) is 4.35. The van der Waals surface area contributed by atoms with Crippen LogP contribution in [0.2, 0.25) is 0 Å². The summed E-state index contributed by atoms with van der Waals surface area (Å²) in [5.74, 6) is -2.21. The normalized spacial score (nSPS) is 12.4. The fourth-order valence-corrected chi connectivity index (χ4v) is 1.88. The van der Waals surface area contributed by atoms with Crippen molar-refractivity contribution in [3.05, 3.63) is 35.1 Å². The van der Waals surface area contributed by atoms with Gasteiger partial charge < -0.3 is 10.8 Å². The van der Waals surface area contributed by atoms with Crippen molar-refractivity contribution in [3.8, 4) is 0 Å². The summed E-state index contributed by atoms with van der Waals surface area (Å²) in [5.41, 5.74) is 5.47. The van der Waals surface area contributed by atoms with Gasteiger partial charge in [-0.25, -0.2) is 4.39 Å². The molecular formula is C13H17FN2O3. The van der Waals surface area contributed by atoms with Gasteiger partial charge in [-0.1, -0.05) is 13.0 Å². The van der Waals surface area contributed by atoms with Crippen molar-refractivity contribution in [2.24, 2.45) is 5.73 Å². The lowest BCUT2D eigenvalue weighted by Gasteiger charge is -2.23. The van der Waals surface area contributed by atoms with Gasteiger partial charge in [0.15, 0.2) is 0 Å². The first-order valence-electron chi connectivity index (χ1n) is 5.88. The summed E-state index contributed by atoms with van der Waals surface area (Å²) in [6.07, 6.45) is 0.423. The summed E-state index contributed by atoms with van der Waals surface area (Å²) in [7, 11) is 1.61. The van der Waals surface area contributed by atoms with Crippen LogP contribution in [0.3, 0.4) is 0 Å². The van der Waals surface area contributed by atoms with Crippen molar-refractivity contribution < 1.29 is 19.1 Å². The van der Waals surface area contributed by atoms with E-state index >= 15 is 0 Å². The van der Waals surface area contributed by atoms with Crippen LogP contribution in [0.5, 0.6) is 0 Å². The van der Waals surface area contributed by atoms with Crippen LogP contribution >= 0.6 is 0 Å². The van der Waals surface area contributed by atoms with Crippen molar-refractivity contribution in [1.29, 1.82) is 0 Å². The summed E-state index contributed by atoms with van der Waals surface area (Å²) >= 11 is 0. The zero-order chi connectivity index (χ0) is 14.6. The highest BCUT2D eigenvalue weighted by atomic mass is 19.1. The third-order valence-corrected chi connectivity index (χ3v) is 2.96. The molecule has 0 aliphatic carbocycles. The predicted molar refractivity (Wildman–Crippen MR) is 68.1 cm³/mol. The smallest absolute Gasteiger partial charge is 0.320 e. The standard InChI is InChI=1S/C13H17FN2O3/c1-3-11(13(18)19)16(2)7-9-5-4-8(12(15)17)6-10(9)14/h4-6,11H,3,7H2,1-2H3,(H2,15,17)(H,18,19). The lowest BCUT2D eigenvalue weighted by atomic mass is 10.1. The van der Waals surface area contributed by atoms with Gasteiger partial charge in [-0.15, -0.1) is 0 Å². The Morgan fingerprint density at radius 2 is 2.11 bits per heavy atom. The van der Waals surface area contributed by atoms with Gasteiger partial charge in [-0.2, -0.15) is 0 Å². The number of amides is 1. The van der Waals surface area contributed by atoms with Gasteiger partial charge in [0, 0.05) is 17.7 Å². The molecule has 0 saturated carbocycles. The molecule has 0 radical (unpaired) electrons. The molecule has 0 fully saturated rings. The monoisotopic (exact) mass is 268 g/mol. The molecule has 1 aromatic carbocycles. The number of carboxylic acids is 1. The zero-order valence-corrected chi connectivity index (χ0v) is 10.9. The van der Waals surface area contributed by atoms with Gasteiger partial charge in [0.1, 0.15) is 11.9 Å². The average Bonchev–Trinajstić information content (AvgIpc) is 2.31. The molecule has 0 aromatic heterocycles. The molecule has 0 aliphatic rings. The van der Waals surface area contributed by atoms with E-state index in [1.807, 2.05) is 0 Å². The maximum atomic E-state index is 13.8. The number of halogens is 1. The Hall–Kier alpha value is -1.95. The number of nitrogens with two attached hydrogens (primary N) is 1. The van der Waals surface area contributed by atoms with Crippen LogP contribution in [0.4, 0.5) is 4.39 Å². The third kappa shape index (κ3) is 3.75. The average molecular weight is 268 g/mol. The number of carbonyl (C=O) groups is 2. The summed E-state index contributed by atoms with van der Waals surface area (Å²) in [4.78, 5) is 23.4. The summed E-state index contributed by atoms with van der Waals surface area (Å²) < 4.78 is 13.8. The van der Waals surface area contributed by atoms with E-state index in [1.165, 1.54) is 12.1 Å². The molecule has 104 valence electrons. The molecule has 0 saturated heterocycles. The Morgan fingerprint density at radius 1 is 1.47 bits per heavy atom. The van der Waals surface area contributed by atoms with E-state index in [2.05, 4.69) is 0 Å². The molecule has 0 bridgehead atoms. The first-order valence-corrected chi connectivity index (χ1v) is 5.88. The van der Waals surface area contributed by atoms with Crippen LogP contribution in [-0.2, 0) is 11.3 Å².